The molecule has 4 nitrogen and oxygen atoms in total. The van der Waals surface area contributed by atoms with Crippen LogP contribution in [-0.2, 0) is 0 Å². The van der Waals surface area contributed by atoms with Crippen molar-refractivity contribution in [3.63, 3.8) is 0 Å². The number of para-hydroxylation sites is 2. The summed E-state index contributed by atoms with van der Waals surface area (Å²) >= 11 is 0. The van der Waals surface area contributed by atoms with Crippen LogP contribution in [0.4, 0.5) is 0 Å². The van der Waals surface area contributed by atoms with Crippen molar-refractivity contribution >= 4 is 54.4 Å². The second kappa shape index (κ2) is 13.8. The largest absolute Gasteiger partial charge is 0.309 e. The smallest absolute Gasteiger partial charge is 0.160 e. The third kappa shape index (κ3) is 5.53. The van der Waals surface area contributed by atoms with Gasteiger partial charge in [0.1, 0.15) is 0 Å². The second-order valence-electron chi connectivity index (χ2n) is 15.4. The van der Waals surface area contributed by atoms with E-state index in [1.54, 1.807) is 0 Å². The van der Waals surface area contributed by atoms with Crippen LogP contribution in [0.3, 0.4) is 0 Å². The Hall–Kier alpha value is -8.08. The molecule has 9 aromatic carbocycles. The van der Waals surface area contributed by atoms with Gasteiger partial charge in [0.2, 0.25) is 0 Å². The van der Waals surface area contributed by atoms with Gasteiger partial charge in [-0.3, -0.25) is 0 Å². The molecule has 0 amide bonds. The molecular formula is C56H36N4. The molecule has 0 bridgehead atoms. The molecule has 3 heterocycles. The van der Waals surface area contributed by atoms with E-state index in [2.05, 4.69) is 215 Å². The summed E-state index contributed by atoms with van der Waals surface area (Å²) in [7, 11) is 0. The van der Waals surface area contributed by atoms with Crippen molar-refractivity contribution in [2.75, 3.05) is 0 Å². The van der Waals surface area contributed by atoms with E-state index in [1.165, 1.54) is 60.2 Å². The number of benzene rings is 9. The summed E-state index contributed by atoms with van der Waals surface area (Å²) in [5.74, 6) is 0.699. The molecule has 0 atom stereocenters. The highest BCUT2D eigenvalue weighted by Crippen LogP contribution is 2.39. The van der Waals surface area contributed by atoms with Gasteiger partial charge in [0, 0.05) is 49.3 Å². The summed E-state index contributed by atoms with van der Waals surface area (Å²) < 4.78 is 4.81. The summed E-state index contributed by atoms with van der Waals surface area (Å²) in [6.07, 6.45) is 0. The lowest BCUT2D eigenvalue weighted by Gasteiger charge is -2.12. The average Bonchev–Trinajstić information content (AvgIpc) is 3.84. The van der Waals surface area contributed by atoms with Crippen LogP contribution in [0, 0.1) is 0 Å². The fourth-order valence-corrected chi connectivity index (χ4v) is 9.09. The van der Waals surface area contributed by atoms with E-state index < -0.39 is 0 Å². The van der Waals surface area contributed by atoms with Gasteiger partial charge in [-0.15, -0.1) is 0 Å². The Labute approximate surface area is 346 Å². The van der Waals surface area contributed by atoms with E-state index in [0.29, 0.717) is 5.82 Å². The van der Waals surface area contributed by atoms with Crippen molar-refractivity contribution in [1.29, 1.82) is 0 Å². The first-order valence-electron chi connectivity index (χ1n) is 20.4. The Morgan fingerprint density at radius 1 is 0.283 bits per heavy atom. The zero-order valence-electron chi connectivity index (χ0n) is 32.6. The maximum atomic E-state index is 5.08. The normalized spacial score (nSPS) is 11.7. The van der Waals surface area contributed by atoms with Gasteiger partial charge in [-0.25, -0.2) is 9.97 Å². The highest BCUT2D eigenvalue weighted by atomic mass is 15.0. The lowest BCUT2D eigenvalue weighted by Crippen LogP contribution is -1.97. The van der Waals surface area contributed by atoms with Crippen LogP contribution in [0.1, 0.15) is 0 Å². The van der Waals surface area contributed by atoms with Crippen molar-refractivity contribution in [1.82, 2.24) is 19.1 Å². The van der Waals surface area contributed by atoms with Gasteiger partial charge in [0.05, 0.1) is 39.1 Å². The standard InChI is InChI=1S/C56H36N4/c1-3-15-38(16-4-1)49-36-50(39-17-5-2-6-18-39)58-56(57-49)40-26-30-43(31-27-40)59-52-23-11-10-22-46(52)48-34-41(29-33-54(48)59)42-28-32-47-45-21-9-12-24-53(45)60(55(47)35-42)51-25-13-19-37-14-7-8-20-44(37)51/h1-36H. The molecule has 0 fully saturated rings. The maximum Gasteiger partial charge on any atom is 0.160 e. The molecule has 0 N–H and O–H groups in total. The molecule has 280 valence electrons. The average molecular weight is 765 g/mol. The van der Waals surface area contributed by atoms with Gasteiger partial charge in [-0.1, -0.05) is 152 Å². The predicted molar refractivity (Wildman–Crippen MR) is 250 cm³/mol. The summed E-state index contributed by atoms with van der Waals surface area (Å²) in [6.45, 7) is 0. The van der Waals surface area contributed by atoms with E-state index in [-0.39, 0.29) is 0 Å². The van der Waals surface area contributed by atoms with Gasteiger partial charge in [-0.05, 0) is 83.2 Å². The SMILES string of the molecule is c1ccc(-c2cc(-c3ccccc3)nc(-c3ccc(-n4c5ccccc5c5cc(-c6ccc7c8ccccc8n(-c8cccc9ccccc89)c7c6)ccc54)cc3)n2)cc1. The third-order valence-electron chi connectivity index (χ3n) is 11.9. The molecule has 3 aromatic heterocycles. The van der Waals surface area contributed by atoms with Gasteiger partial charge in [0.15, 0.2) is 5.82 Å². The Kier molecular flexibility index (Phi) is 7.82. The molecule has 4 heteroatoms. The maximum absolute atomic E-state index is 5.08. The number of hydrogen-bond donors (Lipinski definition) is 0. The van der Waals surface area contributed by atoms with Crippen molar-refractivity contribution < 1.29 is 0 Å². The van der Waals surface area contributed by atoms with E-state index in [0.717, 1.165) is 44.8 Å². The van der Waals surface area contributed by atoms with Gasteiger partial charge < -0.3 is 9.13 Å². The van der Waals surface area contributed by atoms with Gasteiger partial charge >= 0.3 is 0 Å². The molecule has 0 spiro atoms. The zero-order chi connectivity index (χ0) is 39.6. The highest BCUT2D eigenvalue weighted by molar-refractivity contribution is 6.13. The summed E-state index contributed by atoms with van der Waals surface area (Å²) in [6, 6.07) is 78.0. The monoisotopic (exact) mass is 764 g/mol. The molecule has 0 saturated heterocycles. The van der Waals surface area contributed by atoms with Crippen molar-refractivity contribution in [3.8, 4) is 56.4 Å². The Morgan fingerprint density at radius 2 is 0.800 bits per heavy atom. The molecule has 12 rings (SSSR count). The van der Waals surface area contributed by atoms with Crippen LogP contribution in [0.5, 0.6) is 0 Å². The number of hydrogen-bond acceptors (Lipinski definition) is 2. The highest BCUT2D eigenvalue weighted by Gasteiger charge is 2.18. The minimum atomic E-state index is 0.699. The lowest BCUT2D eigenvalue weighted by atomic mass is 10.0. The molecule has 60 heavy (non-hydrogen) atoms. The Bertz CT molecular complexity index is 3520. The molecule has 0 aliphatic carbocycles. The Morgan fingerprint density at radius 3 is 1.52 bits per heavy atom. The predicted octanol–water partition coefficient (Wildman–Crippen LogP) is 14.5. The third-order valence-corrected chi connectivity index (χ3v) is 11.9. The van der Waals surface area contributed by atoms with Crippen LogP contribution in [-0.4, -0.2) is 19.1 Å². The zero-order valence-corrected chi connectivity index (χ0v) is 32.6. The fraction of sp³-hybridized carbons (Fsp3) is 0. The minimum Gasteiger partial charge on any atom is -0.309 e. The molecule has 0 radical (unpaired) electrons. The lowest BCUT2D eigenvalue weighted by molar-refractivity contribution is 1.16. The number of nitrogens with zero attached hydrogens (tertiary/aromatic N) is 4. The number of fused-ring (bicyclic) bond motifs is 7. The first kappa shape index (κ1) is 34.0. The summed E-state index contributed by atoms with van der Waals surface area (Å²) in [5, 5.41) is 7.40. The van der Waals surface area contributed by atoms with Crippen molar-refractivity contribution in [2.24, 2.45) is 0 Å². The topological polar surface area (TPSA) is 35.6 Å². The summed E-state index contributed by atoms with van der Waals surface area (Å²) in [5.41, 5.74) is 14.3. The van der Waals surface area contributed by atoms with E-state index in [9.17, 15) is 0 Å². The minimum absolute atomic E-state index is 0.699. The van der Waals surface area contributed by atoms with Gasteiger partial charge in [0.25, 0.3) is 0 Å². The summed E-state index contributed by atoms with van der Waals surface area (Å²) in [4.78, 5) is 10.2. The Balaban J connectivity index is 0.972. The van der Waals surface area contributed by atoms with Crippen LogP contribution < -0.4 is 0 Å². The van der Waals surface area contributed by atoms with Crippen LogP contribution in [0.15, 0.2) is 218 Å². The van der Waals surface area contributed by atoms with Crippen LogP contribution >= 0.6 is 0 Å². The van der Waals surface area contributed by atoms with Crippen LogP contribution in [0.2, 0.25) is 0 Å². The van der Waals surface area contributed by atoms with E-state index in [1.807, 2.05) is 12.1 Å². The quantitative estimate of drug-likeness (QED) is 0.169. The van der Waals surface area contributed by atoms with Gasteiger partial charge in [-0.2, -0.15) is 0 Å². The fourth-order valence-electron chi connectivity index (χ4n) is 9.09. The number of aromatic nitrogens is 4. The van der Waals surface area contributed by atoms with E-state index >= 15 is 0 Å². The number of rotatable bonds is 6. The first-order chi connectivity index (χ1) is 29.7. The van der Waals surface area contributed by atoms with Crippen molar-refractivity contribution in [2.45, 2.75) is 0 Å². The molecule has 12 aromatic rings. The molecule has 0 aliphatic heterocycles. The second-order valence-corrected chi connectivity index (χ2v) is 15.4. The van der Waals surface area contributed by atoms with E-state index in [4.69, 9.17) is 9.97 Å². The van der Waals surface area contributed by atoms with Crippen molar-refractivity contribution in [3.05, 3.63) is 218 Å². The molecule has 0 unspecified atom stereocenters. The molecule has 0 saturated carbocycles. The molecule has 0 aliphatic rings. The molecular weight excluding hydrogens is 729 g/mol. The first-order valence-corrected chi connectivity index (χ1v) is 20.4. The van der Waals surface area contributed by atoms with Crippen LogP contribution in [0.25, 0.3) is 111 Å².